The van der Waals surface area contributed by atoms with Gasteiger partial charge in [0.2, 0.25) is 10.7 Å². The number of carbonyl (C=O) groups is 1. The zero-order chi connectivity index (χ0) is 16.9. The quantitative estimate of drug-likeness (QED) is 0.722. The number of nitrogens with zero attached hydrogens (tertiary/aromatic N) is 2. The molecule has 2 aromatic carbocycles. The van der Waals surface area contributed by atoms with Crippen molar-refractivity contribution < 1.29 is 4.79 Å². The van der Waals surface area contributed by atoms with Gasteiger partial charge in [-0.05, 0) is 18.1 Å². The van der Waals surface area contributed by atoms with E-state index in [1.165, 1.54) is 6.92 Å². The standard InChI is InChI=1S/C19H19N3OS/c1-3-22-17(15-10-6-4-7-11-15)18(16-12-8-5-9-13-16)24-19(22)21-20-14(2)23/h4-13H,3H2,1-2H3,(H,20,23). The number of carbonyl (C=O) groups excluding carboxylic acids is 1. The molecule has 122 valence electrons. The van der Waals surface area contributed by atoms with E-state index in [4.69, 9.17) is 0 Å². The summed E-state index contributed by atoms with van der Waals surface area (Å²) in [7, 11) is 0. The molecule has 3 aromatic rings. The van der Waals surface area contributed by atoms with Gasteiger partial charge in [0.25, 0.3) is 0 Å². The minimum absolute atomic E-state index is 0.173. The SMILES string of the molecule is CCn1c(-c2ccccc2)c(-c2ccccc2)sc1=NNC(C)=O. The Labute approximate surface area is 145 Å². The predicted molar refractivity (Wildman–Crippen MR) is 98.2 cm³/mol. The molecule has 0 aliphatic heterocycles. The number of nitrogens with one attached hydrogen (secondary N) is 1. The predicted octanol–water partition coefficient (Wildman–Crippen LogP) is 3.86. The summed E-state index contributed by atoms with van der Waals surface area (Å²) in [5.41, 5.74) is 5.96. The number of hydrogen-bond donors (Lipinski definition) is 1. The van der Waals surface area contributed by atoms with Crippen LogP contribution in [0, 0.1) is 0 Å². The molecule has 0 saturated carbocycles. The van der Waals surface area contributed by atoms with Gasteiger partial charge in [0, 0.05) is 13.5 Å². The largest absolute Gasteiger partial charge is 0.315 e. The van der Waals surface area contributed by atoms with Crippen molar-refractivity contribution in [1.29, 1.82) is 0 Å². The summed E-state index contributed by atoms with van der Waals surface area (Å²) >= 11 is 1.58. The highest BCUT2D eigenvalue weighted by Gasteiger charge is 2.16. The van der Waals surface area contributed by atoms with E-state index < -0.39 is 0 Å². The molecule has 1 N–H and O–H groups in total. The second-order valence-electron chi connectivity index (χ2n) is 5.32. The van der Waals surface area contributed by atoms with Gasteiger partial charge in [-0.1, -0.05) is 72.0 Å². The molecule has 0 unspecified atom stereocenters. The lowest BCUT2D eigenvalue weighted by molar-refractivity contribution is -0.119. The highest BCUT2D eigenvalue weighted by Crippen LogP contribution is 2.34. The Morgan fingerprint density at radius 1 is 1.04 bits per heavy atom. The van der Waals surface area contributed by atoms with Crippen LogP contribution in [0.2, 0.25) is 0 Å². The molecule has 0 fully saturated rings. The lowest BCUT2D eigenvalue weighted by atomic mass is 10.1. The summed E-state index contributed by atoms with van der Waals surface area (Å²) in [4.78, 5) is 13.2. The van der Waals surface area contributed by atoms with Crippen LogP contribution in [0.5, 0.6) is 0 Å². The van der Waals surface area contributed by atoms with E-state index in [-0.39, 0.29) is 5.91 Å². The van der Waals surface area contributed by atoms with Gasteiger partial charge in [-0.15, -0.1) is 5.10 Å². The molecule has 0 saturated heterocycles. The molecule has 0 aliphatic rings. The van der Waals surface area contributed by atoms with Gasteiger partial charge in [0.1, 0.15) is 0 Å². The average molecular weight is 337 g/mol. The van der Waals surface area contributed by atoms with Crippen LogP contribution < -0.4 is 10.2 Å². The number of aromatic nitrogens is 1. The van der Waals surface area contributed by atoms with Crippen LogP contribution in [0.15, 0.2) is 65.8 Å². The second kappa shape index (κ2) is 7.27. The third kappa shape index (κ3) is 3.31. The van der Waals surface area contributed by atoms with Gasteiger partial charge in [-0.2, -0.15) is 0 Å². The smallest absolute Gasteiger partial charge is 0.237 e. The van der Waals surface area contributed by atoms with Crippen LogP contribution >= 0.6 is 11.3 Å². The van der Waals surface area contributed by atoms with E-state index in [1.54, 1.807) is 11.3 Å². The van der Waals surface area contributed by atoms with E-state index in [0.29, 0.717) is 0 Å². The average Bonchev–Trinajstić information content (AvgIpc) is 3.00. The van der Waals surface area contributed by atoms with Gasteiger partial charge >= 0.3 is 0 Å². The van der Waals surface area contributed by atoms with Crippen molar-refractivity contribution in [2.24, 2.45) is 5.10 Å². The fourth-order valence-corrected chi connectivity index (χ4v) is 3.77. The van der Waals surface area contributed by atoms with Crippen LogP contribution in [-0.2, 0) is 11.3 Å². The fraction of sp³-hybridized carbons (Fsp3) is 0.158. The van der Waals surface area contributed by atoms with Gasteiger partial charge in [-0.25, -0.2) is 5.43 Å². The van der Waals surface area contributed by atoms with E-state index in [0.717, 1.165) is 33.0 Å². The normalized spacial score (nSPS) is 11.5. The first-order valence-corrected chi connectivity index (χ1v) is 8.67. The summed E-state index contributed by atoms with van der Waals surface area (Å²) in [5.74, 6) is -0.173. The Hall–Kier alpha value is -2.66. The van der Waals surface area contributed by atoms with Crippen molar-refractivity contribution in [3.63, 3.8) is 0 Å². The van der Waals surface area contributed by atoms with Crippen LogP contribution in [0.4, 0.5) is 0 Å². The van der Waals surface area contributed by atoms with Gasteiger partial charge in [0.05, 0.1) is 10.6 Å². The molecule has 4 nitrogen and oxygen atoms in total. The van der Waals surface area contributed by atoms with Crippen LogP contribution in [0.3, 0.4) is 0 Å². The summed E-state index contributed by atoms with van der Waals surface area (Å²) in [6.07, 6.45) is 0. The van der Waals surface area contributed by atoms with Gasteiger partial charge in [-0.3, -0.25) is 4.79 Å². The fourth-order valence-electron chi connectivity index (χ4n) is 2.58. The third-order valence-corrected chi connectivity index (χ3v) is 4.75. The van der Waals surface area contributed by atoms with E-state index in [2.05, 4.69) is 46.3 Å². The lowest BCUT2D eigenvalue weighted by Gasteiger charge is -2.09. The van der Waals surface area contributed by atoms with Crippen molar-refractivity contribution in [1.82, 2.24) is 9.99 Å². The highest BCUT2D eigenvalue weighted by atomic mass is 32.1. The number of benzene rings is 2. The maximum absolute atomic E-state index is 11.2. The topological polar surface area (TPSA) is 46.4 Å². The summed E-state index contributed by atoms with van der Waals surface area (Å²) in [6, 6.07) is 20.5. The summed E-state index contributed by atoms with van der Waals surface area (Å²) < 4.78 is 2.14. The lowest BCUT2D eigenvalue weighted by Crippen LogP contribution is -2.22. The highest BCUT2D eigenvalue weighted by molar-refractivity contribution is 7.13. The molecular formula is C19H19N3OS. The Morgan fingerprint density at radius 3 is 2.17 bits per heavy atom. The Kier molecular flexibility index (Phi) is 4.91. The van der Waals surface area contributed by atoms with Crippen LogP contribution in [-0.4, -0.2) is 10.5 Å². The first-order chi connectivity index (χ1) is 11.7. The van der Waals surface area contributed by atoms with Gasteiger partial charge in [0.15, 0.2) is 0 Å². The Balaban J connectivity index is 2.28. The molecular weight excluding hydrogens is 318 g/mol. The first kappa shape index (κ1) is 16.2. The van der Waals surface area contributed by atoms with Crippen molar-refractivity contribution in [2.75, 3.05) is 0 Å². The second-order valence-corrected chi connectivity index (χ2v) is 6.30. The minimum Gasteiger partial charge on any atom is -0.315 e. The molecule has 1 amide bonds. The third-order valence-electron chi connectivity index (χ3n) is 3.62. The van der Waals surface area contributed by atoms with E-state index >= 15 is 0 Å². The number of amides is 1. The monoisotopic (exact) mass is 337 g/mol. The maximum Gasteiger partial charge on any atom is 0.237 e. The van der Waals surface area contributed by atoms with E-state index in [9.17, 15) is 4.79 Å². The molecule has 1 aromatic heterocycles. The molecule has 0 spiro atoms. The zero-order valence-electron chi connectivity index (χ0n) is 13.7. The Bertz CT molecular complexity index is 895. The number of hydrogen-bond acceptors (Lipinski definition) is 3. The molecule has 0 bridgehead atoms. The van der Waals surface area contributed by atoms with Crippen LogP contribution in [0.1, 0.15) is 13.8 Å². The molecule has 5 heteroatoms. The molecule has 3 rings (SSSR count). The molecule has 24 heavy (non-hydrogen) atoms. The van der Waals surface area contributed by atoms with E-state index in [1.807, 2.05) is 36.4 Å². The van der Waals surface area contributed by atoms with Crippen molar-refractivity contribution in [3.05, 3.63) is 65.5 Å². The van der Waals surface area contributed by atoms with Crippen molar-refractivity contribution in [2.45, 2.75) is 20.4 Å². The molecule has 0 atom stereocenters. The number of rotatable bonds is 4. The Morgan fingerprint density at radius 2 is 1.62 bits per heavy atom. The minimum atomic E-state index is -0.173. The number of thiazole rings is 1. The van der Waals surface area contributed by atoms with Crippen molar-refractivity contribution >= 4 is 17.2 Å². The van der Waals surface area contributed by atoms with Gasteiger partial charge < -0.3 is 4.57 Å². The molecule has 0 radical (unpaired) electrons. The molecule has 0 aliphatic carbocycles. The maximum atomic E-state index is 11.2. The summed E-state index contributed by atoms with van der Waals surface area (Å²) in [5, 5.41) is 4.29. The first-order valence-electron chi connectivity index (χ1n) is 7.85. The zero-order valence-corrected chi connectivity index (χ0v) is 14.5. The van der Waals surface area contributed by atoms with Crippen LogP contribution in [0.25, 0.3) is 21.7 Å². The molecule has 1 heterocycles. The van der Waals surface area contributed by atoms with Crippen molar-refractivity contribution in [3.8, 4) is 21.7 Å². The summed E-state index contributed by atoms with van der Waals surface area (Å²) in [6.45, 7) is 4.32.